The van der Waals surface area contributed by atoms with Crippen molar-refractivity contribution in [1.29, 1.82) is 0 Å². The molecule has 0 N–H and O–H groups in total. The first-order chi connectivity index (χ1) is 8.86. The third-order valence-corrected chi connectivity index (χ3v) is 3.30. The van der Waals surface area contributed by atoms with E-state index in [-0.39, 0.29) is 0 Å². The smallest absolute Gasteiger partial charge is 0.123 e. The van der Waals surface area contributed by atoms with Gasteiger partial charge < -0.3 is 9.53 Å². The Bertz CT molecular complexity index is 302. The first-order valence-electron chi connectivity index (χ1n) is 6.81. The van der Waals surface area contributed by atoms with E-state index in [4.69, 9.17) is 4.74 Å². The van der Waals surface area contributed by atoms with Crippen LogP contribution < -0.4 is 0 Å². The van der Waals surface area contributed by atoms with Crippen LogP contribution in [0.5, 0.6) is 0 Å². The SMILES string of the molecule is CO/C=C/C1CC=CCC1.O=CC1CC=CCC1. The van der Waals surface area contributed by atoms with Crippen molar-refractivity contribution in [2.24, 2.45) is 11.8 Å². The van der Waals surface area contributed by atoms with Gasteiger partial charge in [-0.2, -0.15) is 0 Å². The summed E-state index contributed by atoms with van der Waals surface area (Å²) in [6.45, 7) is 0. The van der Waals surface area contributed by atoms with Crippen LogP contribution in [0.4, 0.5) is 0 Å². The first-order valence-corrected chi connectivity index (χ1v) is 6.81. The third-order valence-electron chi connectivity index (χ3n) is 3.30. The molecule has 100 valence electrons. The van der Waals surface area contributed by atoms with Gasteiger partial charge in [-0.25, -0.2) is 0 Å². The molecule has 0 heterocycles. The van der Waals surface area contributed by atoms with Crippen LogP contribution in [0.2, 0.25) is 0 Å². The molecule has 0 amide bonds. The molecule has 2 nitrogen and oxygen atoms in total. The van der Waals surface area contributed by atoms with Crippen molar-refractivity contribution in [2.75, 3.05) is 7.11 Å². The zero-order valence-electron chi connectivity index (χ0n) is 11.3. The molecule has 2 unspecified atom stereocenters. The zero-order valence-corrected chi connectivity index (χ0v) is 11.3. The number of ether oxygens (including phenoxy) is 1. The van der Waals surface area contributed by atoms with Gasteiger partial charge in [-0.3, -0.25) is 0 Å². The van der Waals surface area contributed by atoms with Crippen molar-refractivity contribution < 1.29 is 9.53 Å². The molecule has 0 aliphatic heterocycles. The maximum Gasteiger partial charge on any atom is 0.123 e. The lowest BCUT2D eigenvalue weighted by Crippen LogP contribution is -2.02. The normalized spacial score (nSPS) is 26.5. The summed E-state index contributed by atoms with van der Waals surface area (Å²) < 4.78 is 4.84. The van der Waals surface area contributed by atoms with E-state index in [1.807, 2.05) is 0 Å². The van der Waals surface area contributed by atoms with Gasteiger partial charge in [0.25, 0.3) is 0 Å². The van der Waals surface area contributed by atoms with E-state index < -0.39 is 0 Å². The predicted octanol–water partition coefficient (Wildman–Crippen LogP) is 4.04. The second-order valence-electron chi connectivity index (χ2n) is 4.79. The molecule has 0 saturated carbocycles. The maximum absolute atomic E-state index is 10.1. The molecule has 2 aliphatic rings. The standard InChI is InChI=1S/C9H14O.C7H10O/c1-10-8-7-9-5-3-2-4-6-9;8-6-7-4-2-1-3-5-7/h2-3,7-9H,4-6H2,1H3;1-2,6-7H,3-5H2/b8-7+;. The number of aldehydes is 1. The van der Waals surface area contributed by atoms with E-state index in [0.717, 1.165) is 25.5 Å². The summed E-state index contributed by atoms with van der Waals surface area (Å²) in [7, 11) is 1.69. The van der Waals surface area contributed by atoms with Gasteiger partial charge in [0.1, 0.15) is 6.29 Å². The highest BCUT2D eigenvalue weighted by Crippen LogP contribution is 2.18. The van der Waals surface area contributed by atoms with E-state index in [1.165, 1.54) is 19.3 Å². The van der Waals surface area contributed by atoms with Crippen molar-refractivity contribution >= 4 is 6.29 Å². The quantitative estimate of drug-likeness (QED) is 0.428. The van der Waals surface area contributed by atoms with Crippen molar-refractivity contribution in [3.63, 3.8) is 0 Å². The number of allylic oxidation sites excluding steroid dienone is 5. The molecule has 2 atom stereocenters. The minimum Gasteiger partial charge on any atom is -0.505 e. The summed E-state index contributed by atoms with van der Waals surface area (Å²) in [5.41, 5.74) is 0. The molecule has 0 radical (unpaired) electrons. The lowest BCUT2D eigenvalue weighted by Gasteiger charge is -2.11. The minimum absolute atomic E-state index is 0.319. The Morgan fingerprint density at radius 1 is 1.00 bits per heavy atom. The van der Waals surface area contributed by atoms with Gasteiger partial charge in [0.05, 0.1) is 13.4 Å². The molecular formula is C16H24O2. The summed E-state index contributed by atoms with van der Waals surface area (Å²) >= 11 is 0. The molecule has 0 spiro atoms. The van der Waals surface area contributed by atoms with E-state index in [2.05, 4.69) is 30.4 Å². The van der Waals surface area contributed by atoms with E-state index >= 15 is 0 Å². The van der Waals surface area contributed by atoms with Crippen LogP contribution in [-0.4, -0.2) is 13.4 Å². The lowest BCUT2D eigenvalue weighted by atomic mass is 9.95. The van der Waals surface area contributed by atoms with E-state index in [9.17, 15) is 4.79 Å². The summed E-state index contributed by atoms with van der Waals surface area (Å²) in [6.07, 6.45) is 20.5. The molecule has 0 aromatic rings. The number of rotatable bonds is 3. The number of methoxy groups -OCH3 is 1. The Hall–Kier alpha value is -1.31. The molecule has 0 saturated heterocycles. The van der Waals surface area contributed by atoms with Crippen LogP contribution in [0, 0.1) is 11.8 Å². The van der Waals surface area contributed by atoms with Gasteiger partial charge in [-0.1, -0.05) is 24.3 Å². The highest BCUT2D eigenvalue weighted by Gasteiger charge is 2.06. The first kappa shape index (κ1) is 14.7. The fraction of sp³-hybridized carbons (Fsp3) is 0.562. The molecular weight excluding hydrogens is 224 g/mol. The van der Waals surface area contributed by atoms with Crippen LogP contribution in [0.25, 0.3) is 0 Å². The van der Waals surface area contributed by atoms with Crippen LogP contribution in [0.3, 0.4) is 0 Å². The Balaban J connectivity index is 0.000000184. The van der Waals surface area contributed by atoms with E-state index in [1.54, 1.807) is 13.4 Å². The maximum atomic E-state index is 10.1. The number of carbonyl (C=O) groups is 1. The zero-order chi connectivity index (χ0) is 13.1. The third kappa shape index (κ3) is 6.43. The van der Waals surface area contributed by atoms with Crippen molar-refractivity contribution in [3.05, 3.63) is 36.6 Å². The minimum atomic E-state index is 0.319. The highest BCUT2D eigenvalue weighted by atomic mass is 16.5. The molecule has 0 aromatic heterocycles. The Kier molecular flexibility index (Phi) is 7.94. The molecule has 2 aliphatic carbocycles. The molecule has 0 fully saturated rings. The fourth-order valence-corrected chi connectivity index (χ4v) is 2.12. The Labute approximate surface area is 110 Å². The summed E-state index contributed by atoms with van der Waals surface area (Å²) in [4.78, 5) is 10.1. The molecule has 0 bridgehead atoms. The number of hydrogen-bond acceptors (Lipinski definition) is 2. The lowest BCUT2D eigenvalue weighted by molar-refractivity contribution is -0.111. The Morgan fingerprint density at radius 3 is 2.00 bits per heavy atom. The monoisotopic (exact) mass is 248 g/mol. The van der Waals surface area contributed by atoms with Crippen molar-refractivity contribution in [1.82, 2.24) is 0 Å². The average Bonchev–Trinajstić information content (AvgIpc) is 2.48. The van der Waals surface area contributed by atoms with Gasteiger partial charge >= 0.3 is 0 Å². The summed E-state index contributed by atoms with van der Waals surface area (Å²) in [5.74, 6) is 1.03. The predicted molar refractivity (Wildman–Crippen MR) is 75.2 cm³/mol. The largest absolute Gasteiger partial charge is 0.505 e. The van der Waals surface area contributed by atoms with Crippen molar-refractivity contribution in [3.8, 4) is 0 Å². The van der Waals surface area contributed by atoms with Crippen LogP contribution in [0.15, 0.2) is 36.6 Å². The molecule has 18 heavy (non-hydrogen) atoms. The van der Waals surface area contributed by atoms with Crippen LogP contribution >= 0.6 is 0 Å². The van der Waals surface area contributed by atoms with Gasteiger partial charge in [0.2, 0.25) is 0 Å². The van der Waals surface area contributed by atoms with Gasteiger partial charge in [-0.15, -0.1) is 0 Å². The van der Waals surface area contributed by atoms with Crippen molar-refractivity contribution in [2.45, 2.75) is 38.5 Å². The average molecular weight is 248 g/mol. The second-order valence-corrected chi connectivity index (χ2v) is 4.79. The fourth-order valence-electron chi connectivity index (χ4n) is 2.12. The summed E-state index contributed by atoms with van der Waals surface area (Å²) in [5, 5.41) is 0. The summed E-state index contributed by atoms with van der Waals surface area (Å²) in [6, 6.07) is 0. The van der Waals surface area contributed by atoms with Gasteiger partial charge in [-0.05, 0) is 50.5 Å². The Morgan fingerprint density at radius 2 is 1.61 bits per heavy atom. The highest BCUT2D eigenvalue weighted by molar-refractivity contribution is 5.54. The number of carbonyl (C=O) groups excluding carboxylic acids is 1. The molecule has 2 rings (SSSR count). The van der Waals surface area contributed by atoms with Crippen LogP contribution in [0.1, 0.15) is 38.5 Å². The van der Waals surface area contributed by atoms with Gasteiger partial charge in [0, 0.05) is 5.92 Å². The van der Waals surface area contributed by atoms with Gasteiger partial charge in [0.15, 0.2) is 0 Å². The molecule has 0 aromatic carbocycles. The number of hydrogen-bond donors (Lipinski definition) is 0. The molecule has 2 heteroatoms. The second kappa shape index (κ2) is 9.69. The van der Waals surface area contributed by atoms with Crippen LogP contribution in [-0.2, 0) is 9.53 Å². The van der Waals surface area contributed by atoms with E-state index in [0.29, 0.717) is 11.8 Å². The topological polar surface area (TPSA) is 26.3 Å².